The molecule has 0 heterocycles. The number of halogens is 10. The highest BCUT2D eigenvalue weighted by Crippen LogP contribution is 2.40. The number of hydrogen-bond acceptors (Lipinski definition) is 4. The van der Waals surface area contributed by atoms with Gasteiger partial charge in [0.25, 0.3) is 5.91 Å². The first-order chi connectivity index (χ1) is 23.2. The predicted octanol–water partition coefficient (Wildman–Crippen LogP) is 8.76. The van der Waals surface area contributed by atoms with Gasteiger partial charge in [0.15, 0.2) is 11.6 Å². The van der Waals surface area contributed by atoms with E-state index in [1.807, 2.05) is 0 Å². The van der Waals surface area contributed by atoms with E-state index in [9.17, 15) is 54.2 Å². The average Bonchev–Trinajstić information content (AvgIpc) is 3.00. The summed E-state index contributed by atoms with van der Waals surface area (Å²) in [7, 11) is 0. The van der Waals surface area contributed by atoms with Crippen LogP contribution in [0.25, 0.3) is 0 Å². The maximum atomic E-state index is 15.2. The van der Waals surface area contributed by atoms with E-state index < -0.39 is 94.3 Å². The predicted molar refractivity (Wildman–Crippen MR) is 157 cm³/mol. The standard InChI is InChI=1S/C34H25F10NO5/c1-17(2)49-28-14-21(8-10-27(28)37)32(16-18-3-5-19(6-4-18)30(47)48,22-12-23(35)15-24(13-22)50-34(43,44)31(38)39)45-29(46)20-7-9-26(36)25(11-20)33(40,41)42/h3-15,17,31H,16H2,1-2H3,(H,45,46)(H,47,48). The van der Waals surface area contributed by atoms with Gasteiger partial charge in [0.2, 0.25) is 0 Å². The molecule has 0 aliphatic carbocycles. The summed E-state index contributed by atoms with van der Waals surface area (Å²) in [5.74, 6) is -8.37. The van der Waals surface area contributed by atoms with E-state index in [0.29, 0.717) is 30.3 Å². The maximum Gasteiger partial charge on any atom is 0.461 e. The summed E-state index contributed by atoms with van der Waals surface area (Å²) in [6.45, 7) is 3.05. The molecule has 0 aromatic heterocycles. The lowest BCUT2D eigenvalue weighted by atomic mass is 9.77. The van der Waals surface area contributed by atoms with Gasteiger partial charge in [-0.05, 0) is 85.1 Å². The van der Waals surface area contributed by atoms with Crippen LogP contribution in [0.3, 0.4) is 0 Å². The van der Waals surface area contributed by atoms with Crippen molar-refractivity contribution in [2.45, 2.75) is 50.6 Å². The summed E-state index contributed by atoms with van der Waals surface area (Å²) in [4.78, 5) is 25.3. The number of carbonyl (C=O) groups is 2. The molecule has 4 aromatic carbocycles. The minimum absolute atomic E-state index is 0.130. The normalized spacial score (nSPS) is 13.2. The lowest BCUT2D eigenvalue weighted by Crippen LogP contribution is -2.49. The van der Waals surface area contributed by atoms with Crippen molar-refractivity contribution >= 4 is 11.9 Å². The summed E-state index contributed by atoms with van der Waals surface area (Å²) in [6.07, 6.45) is -16.0. The van der Waals surface area contributed by atoms with Crippen LogP contribution in [0.1, 0.15) is 56.8 Å². The molecule has 2 N–H and O–H groups in total. The van der Waals surface area contributed by atoms with Crippen molar-refractivity contribution in [1.29, 1.82) is 0 Å². The molecule has 0 aliphatic rings. The number of ether oxygens (including phenoxy) is 2. The molecule has 0 aliphatic heterocycles. The lowest BCUT2D eigenvalue weighted by molar-refractivity contribution is -0.253. The number of carboxylic acid groups (broad SMARTS) is 1. The van der Waals surface area contributed by atoms with Crippen LogP contribution in [0.2, 0.25) is 0 Å². The topological polar surface area (TPSA) is 84.9 Å². The number of hydrogen-bond donors (Lipinski definition) is 2. The summed E-state index contributed by atoms with van der Waals surface area (Å²) in [5.41, 5.74) is -5.77. The van der Waals surface area contributed by atoms with E-state index in [2.05, 4.69) is 10.1 Å². The van der Waals surface area contributed by atoms with Gasteiger partial charge in [-0.25, -0.2) is 18.0 Å². The molecule has 266 valence electrons. The molecule has 4 aromatic rings. The van der Waals surface area contributed by atoms with Crippen molar-refractivity contribution < 1.29 is 68.1 Å². The Labute approximate surface area is 277 Å². The molecule has 0 bridgehead atoms. The van der Waals surface area contributed by atoms with Gasteiger partial charge < -0.3 is 19.9 Å². The monoisotopic (exact) mass is 717 g/mol. The second-order valence-electron chi connectivity index (χ2n) is 11.2. The minimum atomic E-state index is -5.26. The molecule has 50 heavy (non-hydrogen) atoms. The van der Waals surface area contributed by atoms with Gasteiger partial charge in [0.1, 0.15) is 17.4 Å². The van der Waals surface area contributed by atoms with Crippen molar-refractivity contribution in [3.05, 3.63) is 130 Å². The minimum Gasteiger partial charge on any atom is -0.488 e. The first kappa shape index (κ1) is 37.5. The first-order valence-electron chi connectivity index (χ1n) is 14.4. The fourth-order valence-electron chi connectivity index (χ4n) is 4.96. The van der Waals surface area contributed by atoms with Crippen LogP contribution in [-0.2, 0) is 18.1 Å². The quantitative estimate of drug-likeness (QED) is 0.143. The molecule has 1 unspecified atom stereocenters. The molecule has 16 heteroatoms. The molecule has 0 saturated heterocycles. The molecule has 1 amide bonds. The summed E-state index contributed by atoms with van der Waals surface area (Å²) >= 11 is 0. The van der Waals surface area contributed by atoms with E-state index in [1.165, 1.54) is 26.0 Å². The van der Waals surface area contributed by atoms with Crippen LogP contribution in [0.4, 0.5) is 43.9 Å². The van der Waals surface area contributed by atoms with Crippen molar-refractivity contribution in [2.24, 2.45) is 0 Å². The van der Waals surface area contributed by atoms with Gasteiger partial charge in [-0.2, -0.15) is 30.7 Å². The summed E-state index contributed by atoms with van der Waals surface area (Å²) in [6, 6.07) is 10.5. The van der Waals surface area contributed by atoms with Crippen molar-refractivity contribution in [3.8, 4) is 11.5 Å². The van der Waals surface area contributed by atoms with E-state index in [-0.39, 0.29) is 22.8 Å². The van der Waals surface area contributed by atoms with Gasteiger partial charge in [-0.1, -0.05) is 18.2 Å². The number of alkyl halides is 7. The zero-order valence-electron chi connectivity index (χ0n) is 25.7. The Kier molecular flexibility index (Phi) is 10.7. The Balaban J connectivity index is 2.05. The van der Waals surface area contributed by atoms with Gasteiger partial charge in [0.05, 0.1) is 22.8 Å². The number of nitrogens with one attached hydrogen (secondary N) is 1. The van der Waals surface area contributed by atoms with E-state index >= 15 is 4.39 Å². The Morgan fingerprint density at radius 1 is 0.780 bits per heavy atom. The molecule has 0 radical (unpaired) electrons. The van der Waals surface area contributed by atoms with Gasteiger partial charge >= 0.3 is 24.7 Å². The lowest BCUT2D eigenvalue weighted by Gasteiger charge is -2.37. The fraction of sp³-hybridized carbons (Fsp3) is 0.235. The van der Waals surface area contributed by atoms with Crippen molar-refractivity contribution in [1.82, 2.24) is 5.32 Å². The third kappa shape index (κ3) is 8.47. The van der Waals surface area contributed by atoms with Crippen molar-refractivity contribution in [3.63, 3.8) is 0 Å². The zero-order chi connectivity index (χ0) is 37.2. The summed E-state index contributed by atoms with van der Waals surface area (Å²) < 4.78 is 149. The molecule has 0 fully saturated rings. The van der Waals surface area contributed by atoms with Gasteiger partial charge in [0, 0.05) is 18.1 Å². The van der Waals surface area contributed by atoms with Crippen LogP contribution in [-0.4, -0.2) is 35.6 Å². The van der Waals surface area contributed by atoms with Crippen LogP contribution in [0, 0.1) is 17.5 Å². The van der Waals surface area contributed by atoms with Crippen LogP contribution in [0.5, 0.6) is 11.5 Å². The third-order valence-corrected chi connectivity index (χ3v) is 7.19. The number of aromatic carboxylic acids is 1. The largest absolute Gasteiger partial charge is 0.488 e. The Morgan fingerprint density at radius 2 is 1.40 bits per heavy atom. The number of carbonyl (C=O) groups excluding carboxylic acids is 1. The number of amides is 1. The maximum absolute atomic E-state index is 15.2. The smallest absolute Gasteiger partial charge is 0.461 e. The number of carboxylic acids is 1. The van der Waals surface area contributed by atoms with Crippen LogP contribution >= 0.6 is 0 Å². The molecule has 0 spiro atoms. The Bertz CT molecular complexity index is 1880. The molecule has 1 atom stereocenters. The average molecular weight is 718 g/mol. The number of rotatable bonds is 12. The zero-order valence-corrected chi connectivity index (χ0v) is 25.7. The molecular weight excluding hydrogens is 692 g/mol. The second kappa shape index (κ2) is 14.3. The highest BCUT2D eigenvalue weighted by molar-refractivity contribution is 5.95. The van der Waals surface area contributed by atoms with E-state index in [0.717, 1.165) is 30.3 Å². The molecule has 0 saturated carbocycles. The summed E-state index contributed by atoms with van der Waals surface area (Å²) in [5, 5.41) is 11.8. The molecule has 4 rings (SSSR count). The highest BCUT2D eigenvalue weighted by Gasteiger charge is 2.45. The molecule has 6 nitrogen and oxygen atoms in total. The van der Waals surface area contributed by atoms with Gasteiger partial charge in [-0.15, -0.1) is 0 Å². The van der Waals surface area contributed by atoms with Gasteiger partial charge in [-0.3, -0.25) is 4.79 Å². The molecular formula is C34H25F10NO5. The highest BCUT2D eigenvalue weighted by atomic mass is 19.4. The Morgan fingerprint density at radius 3 is 1.98 bits per heavy atom. The number of benzene rings is 4. The fourth-order valence-corrected chi connectivity index (χ4v) is 4.96. The third-order valence-electron chi connectivity index (χ3n) is 7.19. The Hall–Kier alpha value is -5.28. The second-order valence-corrected chi connectivity index (χ2v) is 11.2. The van der Waals surface area contributed by atoms with E-state index in [1.54, 1.807) is 0 Å². The van der Waals surface area contributed by atoms with Crippen molar-refractivity contribution in [2.75, 3.05) is 0 Å². The SMILES string of the molecule is CC(C)Oc1cc(C(Cc2ccc(C(=O)O)cc2)(NC(=O)c2ccc(F)c(C(F)(F)F)c2)c2cc(F)cc(OC(F)(F)C(F)F)c2)ccc1F. The van der Waals surface area contributed by atoms with E-state index in [4.69, 9.17) is 4.74 Å². The first-order valence-corrected chi connectivity index (χ1v) is 14.4. The van der Waals surface area contributed by atoms with Crippen LogP contribution in [0.15, 0.2) is 78.9 Å². The van der Waals surface area contributed by atoms with Crippen LogP contribution < -0.4 is 14.8 Å².